The maximum atomic E-state index is 12.4. The second-order valence-corrected chi connectivity index (χ2v) is 6.30. The molecule has 3 rings (SSSR count). The summed E-state index contributed by atoms with van der Waals surface area (Å²) in [4.78, 5) is 14.3. The highest BCUT2D eigenvalue weighted by Gasteiger charge is 2.43. The maximum absolute atomic E-state index is 12.4. The summed E-state index contributed by atoms with van der Waals surface area (Å²) in [6.07, 6.45) is 5.52. The van der Waals surface area contributed by atoms with Crippen LogP contribution < -0.4 is 0 Å². The van der Waals surface area contributed by atoms with E-state index in [2.05, 4.69) is 0 Å². The van der Waals surface area contributed by atoms with E-state index in [-0.39, 0.29) is 11.8 Å². The molecule has 0 spiro atoms. The number of hydrogen-bond donors (Lipinski definition) is 1. The van der Waals surface area contributed by atoms with Gasteiger partial charge in [0, 0.05) is 19.0 Å². The van der Waals surface area contributed by atoms with Gasteiger partial charge < -0.3 is 10.0 Å². The van der Waals surface area contributed by atoms with Gasteiger partial charge in [-0.1, -0.05) is 43.2 Å². The number of aliphatic hydroxyl groups is 1. The molecule has 1 N–H and O–H groups in total. The van der Waals surface area contributed by atoms with Gasteiger partial charge in [-0.2, -0.15) is 0 Å². The summed E-state index contributed by atoms with van der Waals surface area (Å²) in [6.45, 7) is 1.45. The fourth-order valence-electron chi connectivity index (χ4n) is 3.68. The Hall–Kier alpha value is -1.35. The fourth-order valence-corrected chi connectivity index (χ4v) is 3.68. The monoisotopic (exact) mass is 273 g/mol. The Balaban J connectivity index is 1.63. The van der Waals surface area contributed by atoms with E-state index in [0.29, 0.717) is 13.0 Å². The van der Waals surface area contributed by atoms with E-state index in [1.54, 1.807) is 0 Å². The second kappa shape index (κ2) is 5.57. The first-order chi connectivity index (χ1) is 9.67. The van der Waals surface area contributed by atoms with E-state index in [1.807, 2.05) is 35.2 Å². The number of carbonyl (C=O) groups excluding carboxylic acids is 1. The number of rotatable bonds is 2. The Morgan fingerprint density at radius 1 is 1.25 bits per heavy atom. The van der Waals surface area contributed by atoms with Gasteiger partial charge in [-0.15, -0.1) is 0 Å². The lowest BCUT2D eigenvalue weighted by Gasteiger charge is -2.47. The van der Waals surface area contributed by atoms with Crippen LogP contribution in [0.3, 0.4) is 0 Å². The molecule has 1 saturated heterocycles. The molecule has 0 radical (unpaired) electrons. The fraction of sp³-hybridized carbons (Fsp3) is 0.588. The number of nitrogens with zero attached hydrogens (tertiary/aromatic N) is 1. The molecule has 2 fully saturated rings. The van der Waals surface area contributed by atoms with Crippen molar-refractivity contribution in [3.8, 4) is 0 Å². The van der Waals surface area contributed by atoms with Crippen LogP contribution in [0.25, 0.3) is 0 Å². The highest BCUT2D eigenvalue weighted by molar-refractivity contribution is 5.78. The average molecular weight is 273 g/mol. The molecule has 1 aliphatic heterocycles. The lowest BCUT2D eigenvalue weighted by atomic mass is 9.71. The molecular weight excluding hydrogens is 250 g/mol. The number of hydrogen-bond acceptors (Lipinski definition) is 2. The lowest BCUT2D eigenvalue weighted by molar-refractivity contribution is -0.142. The molecule has 2 atom stereocenters. The number of fused-ring (bicyclic) bond motifs is 1. The standard InChI is InChI=1S/C17H23NO2/c19-16(12-14-6-2-1-3-7-14)18-11-10-17(20)9-5-4-8-15(17)13-18/h1-3,6-7,15,20H,4-5,8-13H2/t15-,17-/m0/s1. The molecule has 0 unspecified atom stereocenters. The van der Waals surface area contributed by atoms with Gasteiger partial charge in [0.1, 0.15) is 0 Å². The van der Waals surface area contributed by atoms with Crippen LogP contribution in [0.1, 0.15) is 37.7 Å². The Bertz CT molecular complexity index is 473. The molecular formula is C17H23NO2. The van der Waals surface area contributed by atoms with Crippen LogP contribution in [0.15, 0.2) is 30.3 Å². The summed E-state index contributed by atoms with van der Waals surface area (Å²) in [6, 6.07) is 9.91. The van der Waals surface area contributed by atoms with Crippen LogP contribution >= 0.6 is 0 Å². The second-order valence-electron chi connectivity index (χ2n) is 6.30. The first-order valence-electron chi connectivity index (χ1n) is 7.71. The van der Waals surface area contributed by atoms with Gasteiger partial charge in [0.25, 0.3) is 0 Å². The Labute approximate surface area is 120 Å². The van der Waals surface area contributed by atoms with Crippen LogP contribution in [0, 0.1) is 5.92 Å². The van der Waals surface area contributed by atoms with Crippen molar-refractivity contribution < 1.29 is 9.90 Å². The predicted octanol–water partition coefficient (Wildman–Crippen LogP) is 2.38. The average Bonchev–Trinajstić information content (AvgIpc) is 2.47. The van der Waals surface area contributed by atoms with Gasteiger partial charge in [0.15, 0.2) is 0 Å². The first kappa shape index (κ1) is 13.6. The number of amides is 1. The highest BCUT2D eigenvalue weighted by atomic mass is 16.3. The zero-order valence-corrected chi connectivity index (χ0v) is 11.9. The zero-order chi connectivity index (χ0) is 14.0. The molecule has 0 bridgehead atoms. The molecule has 2 aliphatic rings. The molecule has 0 aromatic heterocycles. The molecule has 108 valence electrons. The van der Waals surface area contributed by atoms with Gasteiger partial charge in [-0.05, 0) is 24.8 Å². The summed E-state index contributed by atoms with van der Waals surface area (Å²) >= 11 is 0. The molecule has 1 amide bonds. The van der Waals surface area contributed by atoms with Crippen molar-refractivity contribution in [2.24, 2.45) is 5.92 Å². The van der Waals surface area contributed by atoms with Crippen molar-refractivity contribution in [2.75, 3.05) is 13.1 Å². The summed E-state index contributed by atoms with van der Waals surface area (Å²) in [5, 5.41) is 10.6. The van der Waals surface area contributed by atoms with Gasteiger partial charge in [-0.25, -0.2) is 0 Å². The molecule has 3 nitrogen and oxygen atoms in total. The molecule has 20 heavy (non-hydrogen) atoms. The van der Waals surface area contributed by atoms with Crippen LogP contribution in [-0.4, -0.2) is 34.6 Å². The number of benzene rings is 1. The first-order valence-corrected chi connectivity index (χ1v) is 7.71. The van der Waals surface area contributed by atoms with Crippen molar-refractivity contribution in [3.05, 3.63) is 35.9 Å². The zero-order valence-electron chi connectivity index (χ0n) is 11.9. The minimum Gasteiger partial charge on any atom is -0.389 e. The van der Waals surface area contributed by atoms with Crippen molar-refractivity contribution in [2.45, 2.75) is 44.1 Å². The molecule has 1 aliphatic carbocycles. The largest absolute Gasteiger partial charge is 0.389 e. The van der Waals surface area contributed by atoms with Crippen molar-refractivity contribution in [1.82, 2.24) is 4.90 Å². The Kier molecular flexibility index (Phi) is 3.79. The molecule has 1 saturated carbocycles. The van der Waals surface area contributed by atoms with Crippen LogP contribution in [0.4, 0.5) is 0 Å². The van der Waals surface area contributed by atoms with E-state index >= 15 is 0 Å². The van der Waals surface area contributed by atoms with Crippen molar-refractivity contribution in [1.29, 1.82) is 0 Å². The number of carbonyl (C=O) groups is 1. The lowest BCUT2D eigenvalue weighted by Crippen LogP contribution is -2.54. The van der Waals surface area contributed by atoms with Gasteiger partial charge in [-0.3, -0.25) is 4.79 Å². The third-order valence-corrected chi connectivity index (χ3v) is 4.98. The Morgan fingerprint density at radius 3 is 2.85 bits per heavy atom. The molecule has 1 heterocycles. The van der Waals surface area contributed by atoms with Crippen LogP contribution in [-0.2, 0) is 11.2 Å². The summed E-state index contributed by atoms with van der Waals surface area (Å²) in [5.74, 6) is 0.480. The van der Waals surface area contributed by atoms with E-state index in [4.69, 9.17) is 0 Å². The smallest absolute Gasteiger partial charge is 0.227 e. The Morgan fingerprint density at radius 2 is 2.05 bits per heavy atom. The quantitative estimate of drug-likeness (QED) is 0.899. The minimum absolute atomic E-state index is 0.198. The summed E-state index contributed by atoms with van der Waals surface area (Å²) < 4.78 is 0. The van der Waals surface area contributed by atoms with E-state index in [9.17, 15) is 9.90 Å². The third kappa shape index (κ3) is 2.73. The molecule has 1 aromatic rings. The van der Waals surface area contributed by atoms with Gasteiger partial charge >= 0.3 is 0 Å². The summed E-state index contributed by atoms with van der Waals surface area (Å²) in [7, 11) is 0. The van der Waals surface area contributed by atoms with Crippen molar-refractivity contribution >= 4 is 5.91 Å². The van der Waals surface area contributed by atoms with Gasteiger partial charge in [0.05, 0.1) is 12.0 Å². The van der Waals surface area contributed by atoms with Crippen LogP contribution in [0.5, 0.6) is 0 Å². The SMILES string of the molecule is O=C(Cc1ccccc1)N1CC[C@@]2(O)CCCC[C@H]2C1. The van der Waals surface area contributed by atoms with E-state index in [0.717, 1.165) is 37.8 Å². The topological polar surface area (TPSA) is 40.5 Å². The van der Waals surface area contributed by atoms with E-state index in [1.165, 1.54) is 6.42 Å². The minimum atomic E-state index is -0.498. The third-order valence-electron chi connectivity index (χ3n) is 4.98. The predicted molar refractivity (Wildman–Crippen MR) is 78.3 cm³/mol. The number of piperidine rings is 1. The molecule has 1 aromatic carbocycles. The van der Waals surface area contributed by atoms with E-state index < -0.39 is 5.60 Å². The number of likely N-dealkylation sites (tertiary alicyclic amines) is 1. The summed E-state index contributed by atoms with van der Waals surface area (Å²) in [5.41, 5.74) is 0.573. The molecule has 3 heteroatoms. The highest BCUT2D eigenvalue weighted by Crippen LogP contribution is 2.39. The normalized spacial score (nSPS) is 29.9. The van der Waals surface area contributed by atoms with Crippen molar-refractivity contribution in [3.63, 3.8) is 0 Å². The van der Waals surface area contributed by atoms with Crippen LogP contribution in [0.2, 0.25) is 0 Å². The maximum Gasteiger partial charge on any atom is 0.227 e. The van der Waals surface area contributed by atoms with Gasteiger partial charge in [0.2, 0.25) is 5.91 Å².